The van der Waals surface area contributed by atoms with E-state index in [2.05, 4.69) is 18.3 Å². The molecule has 0 aliphatic heterocycles. The van der Waals surface area contributed by atoms with Crippen LogP contribution in [0.2, 0.25) is 0 Å². The third-order valence-electron chi connectivity index (χ3n) is 7.85. The fourth-order valence-corrected chi connectivity index (χ4v) is 6.23. The van der Waals surface area contributed by atoms with E-state index in [9.17, 15) is 14.7 Å². The van der Waals surface area contributed by atoms with Crippen molar-refractivity contribution in [2.24, 2.45) is 34.5 Å². The van der Waals surface area contributed by atoms with Gasteiger partial charge in [0.15, 0.2) is 0 Å². The fourth-order valence-electron chi connectivity index (χ4n) is 6.23. The highest BCUT2D eigenvalue weighted by molar-refractivity contribution is 5.95. The Morgan fingerprint density at radius 1 is 1.18 bits per heavy atom. The van der Waals surface area contributed by atoms with E-state index in [-0.39, 0.29) is 17.4 Å². The normalized spacial score (nSPS) is 36.9. The number of carbonyl (C=O) groups excluding carboxylic acids is 1. The van der Waals surface area contributed by atoms with Gasteiger partial charge in [0.2, 0.25) is 5.91 Å². The number of hydrogen-bond acceptors (Lipinski definition) is 2. The zero-order chi connectivity index (χ0) is 20.3. The Kier molecular flexibility index (Phi) is 4.59. The van der Waals surface area contributed by atoms with E-state index < -0.39 is 11.4 Å². The molecule has 4 unspecified atom stereocenters. The average Bonchev–Trinajstić information content (AvgIpc) is 3.01. The summed E-state index contributed by atoms with van der Waals surface area (Å²) in [6.07, 6.45) is 13.7. The molecular formula is C24H33NO3. The number of carboxylic acids is 1. The van der Waals surface area contributed by atoms with E-state index >= 15 is 0 Å². The topological polar surface area (TPSA) is 66.4 Å². The summed E-state index contributed by atoms with van der Waals surface area (Å²) in [4.78, 5) is 24.4. The van der Waals surface area contributed by atoms with Crippen LogP contribution < -0.4 is 5.32 Å². The predicted octanol–water partition coefficient (Wildman–Crippen LogP) is 4.84. The summed E-state index contributed by atoms with van der Waals surface area (Å²) in [7, 11) is 0. The van der Waals surface area contributed by atoms with Gasteiger partial charge in [0.05, 0.1) is 11.3 Å². The Hall–Kier alpha value is -1.84. The lowest BCUT2D eigenvalue weighted by atomic mass is 9.54. The molecule has 0 saturated heterocycles. The lowest BCUT2D eigenvalue weighted by molar-refractivity contribution is -0.132. The van der Waals surface area contributed by atoms with Crippen molar-refractivity contribution in [2.75, 3.05) is 0 Å². The van der Waals surface area contributed by atoms with Crippen LogP contribution in [0.4, 0.5) is 0 Å². The number of allylic oxidation sites excluding steroid dienone is 4. The third-order valence-corrected chi connectivity index (χ3v) is 7.85. The van der Waals surface area contributed by atoms with Crippen LogP contribution in [0.25, 0.3) is 0 Å². The molecule has 2 N–H and O–H groups in total. The van der Waals surface area contributed by atoms with E-state index in [1.54, 1.807) is 0 Å². The van der Waals surface area contributed by atoms with Gasteiger partial charge in [-0.1, -0.05) is 46.3 Å². The standard InChI is InChI=1S/C24H33NO3/c1-23(2,3)22(28)25-20-13-17-14(12-18(20)21(26)27)7-8-16-15(17)9-11-24(4)10-5-6-19(16)24/h7,12-13,15-17,19H,5-6,8-11H2,1-4H3,(H,25,28)(H,26,27)/t15?,16?,17?,19?,24-/m0/s1. The maximum Gasteiger partial charge on any atom is 0.337 e. The van der Waals surface area contributed by atoms with E-state index in [0.717, 1.165) is 17.9 Å². The summed E-state index contributed by atoms with van der Waals surface area (Å²) in [5, 5.41) is 12.6. The molecule has 28 heavy (non-hydrogen) atoms. The summed E-state index contributed by atoms with van der Waals surface area (Å²) >= 11 is 0. The van der Waals surface area contributed by atoms with Gasteiger partial charge in [-0.15, -0.1) is 0 Å². The van der Waals surface area contributed by atoms with Gasteiger partial charge >= 0.3 is 5.97 Å². The Morgan fingerprint density at radius 3 is 2.61 bits per heavy atom. The van der Waals surface area contributed by atoms with Gasteiger partial charge in [-0.05, 0) is 66.9 Å². The van der Waals surface area contributed by atoms with Gasteiger partial charge in [0.1, 0.15) is 0 Å². The third kappa shape index (κ3) is 3.15. The lowest BCUT2D eigenvalue weighted by Gasteiger charge is -2.51. The van der Waals surface area contributed by atoms with Gasteiger partial charge in [-0.2, -0.15) is 0 Å². The van der Waals surface area contributed by atoms with Crippen LogP contribution in [-0.4, -0.2) is 17.0 Å². The quantitative estimate of drug-likeness (QED) is 0.717. The first-order valence-corrected chi connectivity index (χ1v) is 10.8. The molecule has 0 bridgehead atoms. The molecule has 0 spiro atoms. The van der Waals surface area contributed by atoms with Crippen molar-refractivity contribution in [2.45, 2.75) is 66.2 Å². The highest BCUT2D eigenvalue weighted by atomic mass is 16.4. The van der Waals surface area contributed by atoms with Crippen molar-refractivity contribution in [3.05, 3.63) is 35.1 Å². The molecule has 0 aromatic heterocycles. The van der Waals surface area contributed by atoms with Crippen molar-refractivity contribution < 1.29 is 14.7 Å². The number of carboxylic acid groups (broad SMARTS) is 1. The molecule has 4 heteroatoms. The molecule has 4 aliphatic carbocycles. The van der Waals surface area contributed by atoms with E-state index in [1.807, 2.05) is 32.9 Å². The zero-order valence-corrected chi connectivity index (χ0v) is 17.5. The van der Waals surface area contributed by atoms with Crippen LogP contribution >= 0.6 is 0 Å². The SMILES string of the molecule is CC(C)(C)C(=O)NC1=CC2C(=CCC3C2CC[C@]2(C)CCCC32)C=C1C(=O)O. The molecule has 2 fully saturated rings. The van der Waals surface area contributed by atoms with E-state index in [1.165, 1.54) is 32.1 Å². The van der Waals surface area contributed by atoms with Gasteiger partial charge in [-0.3, -0.25) is 4.79 Å². The smallest absolute Gasteiger partial charge is 0.337 e. The maximum absolute atomic E-state index is 12.5. The number of amides is 1. The fraction of sp³-hybridized carbons (Fsp3) is 0.667. The van der Waals surface area contributed by atoms with Crippen LogP contribution in [0, 0.1) is 34.5 Å². The first-order valence-electron chi connectivity index (χ1n) is 10.8. The van der Waals surface area contributed by atoms with Crippen LogP contribution in [0.1, 0.15) is 66.2 Å². The number of nitrogens with one attached hydrogen (secondary N) is 1. The number of hydrogen-bond donors (Lipinski definition) is 2. The van der Waals surface area contributed by atoms with Crippen molar-refractivity contribution in [1.29, 1.82) is 0 Å². The molecule has 0 aromatic rings. The Balaban J connectivity index is 1.67. The van der Waals surface area contributed by atoms with Crippen molar-refractivity contribution >= 4 is 11.9 Å². The number of carbonyl (C=O) groups is 2. The molecule has 4 aliphatic rings. The molecule has 152 valence electrons. The first-order chi connectivity index (χ1) is 13.1. The second-order valence-corrected chi connectivity index (χ2v) is 10.6. The molecule has 4 rings (SSSR count). The van der Waals surface area contributed by atoms with Crippen LogP contribution in [-0.2, 0) is 9.59 Å². The van der Waals surface area contributed by atoms with Gasteiger partial charge in [0.25, 0.3) is 0 Å². The second-order valence-electron chi connectivity index (χ2n) is 10.6. The number of fused-ring (bicyclic) bond motifs is 5. The Labute approximate surface area is 168 Å². The maximum atomic E-state index is 12.5. The van der Waals surface area contributed by atoms with Crippen molar-refractivity contribution in [1.82, 2.24) is 5.32 Å². The molecule has 0 aromatic carbocycles. The summed E-state index contributed by atoms with van der Waals surface area (Å²) in [6.45, 7) is 8.02. The molecule has 4 nitrogen and oxygen atoms in total. The van der Waals surface area contributed by atoms with Crippen molar-refractivity contribution in [3.8, 4) is 0 Å². The monoisotopic (exact) mass is 383 g/mol. The largest absolute Gasteiger partial charge is 0.478 e. The number of aliphatic carboxylic acids is 1. The summed E-state index contributed by atoms with van der Waals surface area (Å²) in [5.74, 6) is 1.14. The molecule has 5 atom stereocenters. The van der Waals surface area contributed by atoms with E-state index in [0.29, 0.717) is 22.9 Å². The van der Waals surface area contributed by atoms with E-state index in [4.69, 9.17) is 0 Å². The van der Waals surface area contributed by atoms with Gasteiger partial charge in [0, 0.05) is 11.3 Å². The molecule has 2 saturated carbocycles. The minimum absolute atomic E-state index is 0.141. The Morgan fingerprint density at radius 2 is 1.93 bits per heavy atom. The summed E-state index contributed by atoms with van der Waals surface area (Å²) in [5.41, 5.74) is 1.76. The second kappa shape index (κ2) is 6.60. The highest BCUT2D eigenvalue weighted by Crippen LogP contribution is 2.60. The molecule has 0 radical (unpaired) electrons. The molecule has 0 heterocycles. The average molecular weight is 384 g/mol. The zero-order valence-electron chi connectivity index (χ0n) is 17.5. The minimum atomic E-state index is -0.978. The van der Waals surface area contributed by atoms with Crippen LogP contribution in [0.5, 0.6) is 0 Å². The highest BCUT2D eigenvalue weighted by Gasteiger charge is 2.51. The van der Waals surface area contributed by atoms with Crippen LogP contribution in [0.15, 0.2) is 35.1 Å². The summed E-state index contributed by atoms with van der Waals surface area (Å²) < 4.78 is 0. The Bertz CT molecular complexity index is 797. The minimum Gasteiger partial charge on any atom is -0.478 e. The molecular weight excluding hydrogens is 350 g/mol. The number of rotatable bonds is 2. The van der Waals surface area contributed by atoms with Gasteiger partial charge < -0.3 is 10.4 Å². The summed E-state index contributed by atoms with van der Waals surface area (Å²) in [6, 6.07) is 0. The van der Waals surface area contributed by atoms with Crippen molar-refractivity contribution in [3.63, 3.8) is 0 Å². The van der Waals surface area contributed by atoms with Crippen LogP contribution in [0.3, 0.4) is 0 Å². The lowest BCUT2D eigenvalue weighted by Crippen LogP contribution is -2.44. The van der Waals surface area contributed by atoms with Gasteiger partial charge in [-0.25, -0.2) is 4.79 Å². The molecule has 1 amide bonds. The first kappa shape index (κ1) is 19.5. The predicted molar refractivity (Wildman–Crippen MR) is 109 cm³/mol.